The Hall–Kier alpha value is -0.160. The highest BCUT2D eigenvalue weighted by Gasteiger charge is 2.20. The average molecular weight is 228 g/mol. The smallest absolute Gasteiger partial charge is 0.00746 e. The fourth-order valence-electron chi connectivity index (χ4n) is 2.59. The van der Waals surface area contributed by atoms with E-state index >= 15 is 0 Å². The van der Waals surface area contributed by atoms with Crippen molar-refractivity contribution < 1.29 is 0 Å². The molecule has 0 heterocycles. The quantitative estimate of drug-likeness (QED) is 0.437. The van der Waals surface area contributed by atoms with Crippen molar-refractivity contribution in [1.82, 2.24) is 10.6 Å². The van der Waals surface area contributed by atoms with Crippen LogP contribution in [0.25, 0.3) is 0 Å². The molecule has 0 bridgehead atoms. The zero-order valence-electron chi connectivity index (χ0n) is 10.4. The first kappa shape index (κ1) is 13.9. The van der Waals surface area contributed by atoms with Crippen LogP contribution in [0.1, 0.15) is 25.7 Å². The largest absolute Gasteiger partial charge is 0.329 e. The molecule has 1 fully saturated rings. The van der Waals surface area contributed by atoms with E-state index in [0.29, 0.717) is 0 Å². The predicted octanol–water partition coefficient (Wildman–Crippen LogP) is -0.111. The van der Waals surface area contributed by atoms with Gasteiger partial charge in [-0.05, 0) is 44.2 Å². The second-order valence-corrected chi connectivity index (χ2v) is 4.88. The first-order valence-corrected chi connectivity index (χ1v) is 6.68. The lowest BCUT2D eigenvalue weighted by Crippen LogP contribution is -2.34. The van der Waals surface area contributed by atoms with Crippen LogP contribution in [0, 0.1) is 11.8 Å². The summed E-state index contributed by atoms with van der Waals surface area (Å²) in [6.45, 7) is 5.68. The highest BCUT2D eigenvalue weighted by atomic mass is 14.9. The molecule has 1 aliphatic rings. The lowest BCUT2D eigenvalue weighted by Gasteiger charge is -2.29. The summed E-state index contributed by atoms with van der Waals surface area (Å²) < 4.78 is 0. The molecule has 0 aromatic heterocycles. The summed E-state index contributed by atoms with van der Waals surface area (Å²) in [5.41, 5.74) is 10.9. The minimum Gasteiger partial charge on any atom is -0.329 e. The van der Waals surface area contributed by atoms with Crippen molar-refractivity contribution in [1.29, 1.82) is 0 Å². The summed E-state index contributed by atoms with van der Waals surface area (Å²) in [5, 5.41) is 6.85. The van der Waals surface area contributed by atoms with E-state index in [9.17, 15) is 0 Å². The fourth-order valence-corrected chi connectivity index (χ4v) is 2.59. The maximum Gasteiger partial charge on any atom is 0.00746 e. The van der Waals surface area contributed by atoms with Gasteiger partial charge < -0.3 is 22.1 Å². The normalized spacial score (nSPS) is 25.9. The Balaban J connectivity index is 2.09. The summed E-state index contributed by atoms with van der Waals surface area (Å²) in [5.74, 6) is 1.70. The minimum atomic E-state index is 0.744. The van der Waals surface area contributed by atoms with Gasteiger partial charge in [-0.2, -0.15) is 0 Å². The highest BCUT2D eigenvalue weighted by molar-refractivity contribution is 4.76. The maximum absolute atomic E-state index is 5.47. The van der Waals surface area contributed by atoms with E-state index in [1.807, 2.05) is 0 Å². The number of nitrogens with one attached hydrogen (secondary N) is 2. The Labute approximate surface area is 99.5 Å². The van der Waals surface area contributed by atoms with Crippen molar-refractivity contribution in [3.8, 4) is 0 Å². The van der Waals surface area contributed by atoms with Crippen LogP contribution in [-0.4, -0.2) is 39.3 Å². The van der Waals surface area contributed by atoms with Crippen LogP contribution in [0.5, 0.6) is 0 Å². The van der Waals surface area contributed by atoms with Gasteiger partial charge in [-0.1, -0.05) is 6.42 Å². The molecule has 4 nitrogen and oxygen atoms in total. The molecular formula is C12H28N4. The van der Waals surface area contributed by atoms with Crippen LogP contribution in [-0.2, 0) is 0 Å². The van der Waals surface area contributed by atoms with Crippen molar-refractivity contribution in [2.24, 2.45) is 23.3 Å². The van der Waals surface area contributed by atoms with E-state index in [1.165, 1.54) is 25.7 Å². The monoisotopic (exact) mass is 228 g/mol. The van der Waals surface area contributed by atoms with Crippen LogP contribution in [0.2, 0.25) is 0 Å². The van der Waals surface area contributed by atoms with Crippen LogP contribution >= 0.6 is 0 Å². The first-order chi connectivity index (χ1) is 7.86. The van der Waals surface area contributed by atoms with Crippen LogP contribution in [0.15, 0.2) is 0 Å². The molecule has 0 aliphatic heterocycles. The summed E-state index contributed by atoms with van der Waals surface area (Å²) in [6.07, 6.45) is 5.50. The third-order valence-corrected chi connectivity index (χ3v) is 3.40. The van der Waals surface area contributed by atoms with E-state index in [2.05, 4.69) is 10.6 Å². The lowest BCUT2D eigenvalue weighted by molar-refractivity contribution is 0.254. The first-order valence-electron chi connectivity index (χ1n) is 6.68. The molecular weight excluding hydrogens is 200 g/mol. The van der Waals surface area contributed by atoms with Gasteiger partial charge in [0.25, 0.3) is 0 Å². The molecule has 96 valence electrons. The third-order valence-electron chi connectivity index (χ3n) is 3.40. The predicted molar refractivity (Wildman–Crippen MR) is 69.3 cm³/mol. The zero-order chi connectivity index (χ0) is 11.6. The molecule has 0 spiro atoms. The molecule has 0 saturated heterocycles. The number of nitrogens with two attached hydrogens (primary N) is 2. The highest BCUT2D eigenvalue weighted by Crippen LogP contribution is 2.28. The van der Waals surface area contributed by atoms with Gasteiger partial charge in [-0.3, -0.25) is 0 Å². The van der Waals surface area contributed by atoms with Crippen molar-refractivity contribution >= 4 is 0 Å². The second kappa shape index (κ2) is 8.93. The molecule has 1 rings (SSSR count). The molecule has 1 aliphatic carbocycles. The summed E-state index contributed by atoms with van der Waals surface area (Å²) >= 11 is 0. The standard InChI is InChI=1S/C12H28N4/c13-4-6-15-9-11-2-1-3-12(8-11)10-16-7-5-14/h11-12,15-16H,1-10,13-14H2. The summed E-state index contributed by atoms with van der Waals surface area (Å²) in [7, 11) is 0. The van der Waals surface area contributed by atoms with E-state index in [-0.39, 0.29) is 0 Å². The van der Waals surface area contributed by atoms with Crippen LogP contribution in [0.3, 0.4) is 0 Å². The van der Waals surface area contributed by atoms with E-state index < -0.39 is 0 Å². The van der Waals surface area contributed by atoms with Gasteiger partial charge in [-0.25, -0.2) is 0 Å². The van der Waals surface area contributed by atoms with Crippen LogP contribution < -0.4 is 22.1 Å². The summed E-state index contributed by atoms with van der Waals surface area (Å²) in [6, 6.07) is 0. The number of hydrogen-bond donors (Lipinski definition) is 4. The van der Waals surface area contributed by atoms with Gasteiger partial charge in [0.05, 0.1) is 0 Å². The second-order valence-electron chi connectivity index (χ2n) is 4.88. The fraction of sp³-hybridized carbons (Fsp3) is 1.00. The zero-order valence-corrected chi connectivity index (χ0v) is 10.4. The van der Waals surface area contributed by atoms with Gasteiger partial charge in [-0.15, -0.1) is 0 Å². The van der Waals surface area contributed by atoms with E-state index in [0.717, 1.165) is 51.1 Å². The Morgan fingerprint density at radius 2 is 1.38 bits per heavy atom. The Morgan fingerprint density at radius 1 is 0.875 bits per heavy atom. The van der Waals surface area contributed by atoms with Gasteiger partial charge in [0.2, 0.25) is 0 Å². The maximum atomic E-state index is 5.47. The van der Waals surface area contributed by atoms with Crippen LogP contribution in [0.4, 0.5) is 0 Å². The minimum absolute atomic E-state index is 0.744. The molecule has 1 saturated carbocycles. The van der Waals surface area contributed by atoms with Crippen molar-refractivity contribution in [3.05, 3.63) is 0 Å². The van der Waals surface area contributed by atoms with Gasteiger partial charge in [0, 0.05) is 26.2 Å². The molecule has 2 atom stereocenters. The molecule has 16 heavy (non-hydrogen) atoms. The number of hydrogen-bond acceptors (Lipinski definition) is 4. The molecule has 0 radical (unpaired) electrons. The molecule has 2 unspecified atom stereocenters. The van der Waals surface area contributed by atoms with Gasteiger partial charge in [0.1, 0.15) is 0 Å². The molecule has 0 amide bonds. The summed E-state index contributed by atoms with van der Waals surface area (Å²) in [4.78, 5) is 0. The Bertz CT molecular complexity index is 147. The van der Waals surface area contributed by atoms with Gasteiger partial charge >= 0.3 is 0 Å². The molecule has 0 aromatic carbocycles. The SMILES string of the molecule is NCCNCC1CCCC(CNCCN)C1. The lowest BCUT2D eigenvalue weighted by atomic mass is 9.81. The average Bonchev–Trinajstić information content (AvgIpc) is 2.30. The number of rotatable bonds is 8. The topological polar surface area (TPSA) is 76.1 Å². The molecule has 0 aromatic rings. The van der Waals surface area contributed by atoms with Crippen molar-refractivity contribution in [3.63, 3.8) is 0 Å². The van der Waals surface area contributed by atoms with E-state index in [1.54, 1.807) is 0 Å². The Kier molecular flexibility index (Phi) is 7.76. The van der Waals surface area contributed by atoms with E-state index in [4.69, 9.17) is 11.5 Å². The molecule has 6 N–H and O–H groups in total. The van der Waals surface area contributed by atoms with Gasteiger partial charge in [0.15, 0.2) is 0 Å². The third kappa shape index (κ3) is 5.80. The van der Waals surface area contributed by atoms with Crippen molar-refractivity contribution in [2.45, 2.75) is 25.7 Å². The van der Waals surface area contributed by atoms with Crippen molar-refractivity contribution in [2.75, 3.05) is 39.3 Å². The molecule has 4 heteroatoms. The Morgan fingerprint density at radius 3 is 1.81 bits per heavy atom.